The number of amides is 2. The molecule has 0 spiro atoms. The second kappa shape index (κ2) is 11.2. The van der Waals surface area contributed by atoms with Crippen LogP contribution >= 0.6 is 11.3 Å². The van der Waals surface area contributed by atoms with E-state index in [0.29, 0.717) is 63.6 Å². The molecule has 0 saturated carbocycles. The summed E-state index contributed by atoms with van der Waals surface area (Å²) < 4.78 is 38.5. The fourth-order valence-corrected chi connectivity index (χ4v) is 6.95. The first-order valence-electron chi connectivity index (χ1n) is 14.2. The molecular formula is C32H26F2N6O4S. The van der Waals surface area contributed by atoms with Crippen molar-refractivity contribution in [2.45, 2.75) is 26.1 Å². The van der Waals surface area contributed by atoms with Crippen LogP contribution in [0.25, 0.3) is 43.9 Å². The minimum atomic E-state index is -0.864. The number of halogens is 2. The lowest BCUT2D eigenvalue weighted by Crippen LogP contribution is -2.40. The lowest BCUT2D eigenvalue weighted by molar-refractivity contribution is -0.129. The molecule has 5 aromatic rings. The largest absolute Gasteiger partial charge is 0.490 e. The van der Waals surface area contributed by atoms with E-state index in [4.69, 9.17) is 14.8 Å². The van der Waals surface area contributed by atoms with E-state index in [1.54, 1.807) is 15.8 Å². The third-order valence-electron chi connectivity index (χ3n) is 8.08. The summed E-state index contributed by atoms with van der Waals surface area (Å²) in [7, 11) is 0. The Hall–Kier alpha value is -5.01. The van der Waals surface area contributed by atoms with E-state index in [0.717, 1.165) is 23.4 Å². The van der Waals surface area contributed by atoms with E-state index in [1.807, 2.05) is 30.5 Å². The second-order valence-electron chi connectivity index (χ2n) is 10.7. The Kier molecular flexibility index (Phi) is 7.13. The zero-order chi connectivity index (χ0) is 31.4. The third-order valence-corrected chi connectivity index (χ3v) is 9.01. The monoisotopic (exact) mass is 628 g/mol. The lowest BCUT2D eigenvalue weighted by Gasteiger charge is -2.33. The van der Waals surface area contributed by atoms with Gasteiger partial charge in [-0.2, -0.15) is 5.10 Å². The van der Waals surface area contributed by atoms with Crippen molar-refractivity contribution in [2.24, 2.45) is 0 Å². The number of aliphatic hydroxyl groups is 1. The van der Waals surface area contributed by atoms with Gasteiger partial charge in [-0.25, -0.2) is 13.8 Å². The van der Waals surface area contributed by atoms with Crippen LogP contribution in [0.3, 0.4) is 0 Å². The quantitative estimate of drug-likeness (QED) is 0.247. The molecule has 7 rings (SSSR count). The SMILES string of the molecule is C=CC(=O)N1CCn2nc(-c3nc(-c4cnc5c(c4)CNC5=O)c4ccsc4c3-c3c(F)cc(F)cc3OCCO)cc2C1C. The zero-order valence-electron chi connectivity index (χ0n) is 24.0. The van der Waals surface area contributed by atoms with Gasteiger partial charge in [0.1, 0.15) is 41.1 Å². The molecule has 0 fully saturated rings. The fourth-order valence-electron chi connectivity index (χ4n) is 6.00. The Bertz CT molecular complexity index is 2040. The molecule has 2 amide bonds. The molecule has 0 bridgehead atoms. The van der Waals surface area contributed by atoms with Crippen molar-refractivity contribution in [2.75, 3.05) is 19.8 Å². The molecule has 1 aromatic carbocycles. The fraction of sp³-hybridized carbons (Fsp3) is 0.219. The second-order valence-corrected chi connectivity index (χ2v) is 11.6. The molecule has 1 atom stereocenters. The predicted octanol–water partition coefficient (Wildman–Crippen LogP) is 4.87. The summed E-state index contributed by atoms with van der Waals surface area (Å²) in [6, 6.07) is 7.08. The van der Waals surface area contributed by atoms with Crippen LogP contribution in [0, 0.1) is 11.6 Å². The van der Waals surface area contributed by atoms with Crippen LogP contribution in [0.5, 0.6) is 5.75 Å². The molecule has 2 aliphatic rings. The summed E-state index contributed by atoms with van der Waals surface area (Å²) >= 11 is 1.35. The molecule has 13 heteroatoms. The summed E-state index contributed by atoms with van der Waals surface area (Å²) in [4.78, 5) is 35.9. The number of aliphatic hydroxyl groups excluding tert-OH is 1. The number of hydrogen-bond acceptors (Lipinski definition) is 8. The first-order chi connectivity index (χ1) is 21.8. The summed E-state index contributed by atoms with van der Waals surface area (Å²) in [5, 5.41) is 19.6. The van der Waals surface area contributed by atoms with Crippen molar-refractivity contribution in [1.82, 2.24) is 30.0 Å². The van der Waals surface area contributed by atoms with E-state index in [9.17, 15) is 19.1 Å². The smallest absolute Gasteiger partial charge is 0.270 e. The van der Waals surface area contributed by atoms with E-state index in [2.05, 4.69) is 16.9 Å². The molecule has 10 nitrogen and oxygen atoms in total. The summed E-state index contributed by atoms with van der Waals surface area (Å²) in [5.74, 6) is -2.23. The highest BCUT2D eigenvalue weighted by atomic mass is 32.1. The average molecular weight is 629 g/mol. The van der Waals surface area contributed by atoms with Crippen molar-refractivity contribution < 1.29 is 28.2 Å². The molecule has 4 aromatic heterocycles. The van der Waals surface area contributed by atoms with Crippen LogP contribution in [0.4, 0.5) is 8.78 Å². The van der Waals surface area contributed by atoms with Crippen molar-refractivity contribution in [1.29, 1.82) is 0 Å². The van der Waals surface area contributed by atoms with E-state index in [1.165, 1.54) is 17.4 Å². The van der Waals surface area contributed by atoms with Crippen molar-refractivity contribution in [3.8, 4) is 39.5 Å². The molecule has 228 valence electrons. The molecule has 6 heterocycles. The van der Waals surface area contributed by atoms with Gasteiger partial charge < -0.3 is 20.1 Å². The maximum absolute atomic E-state index is 15.9. The number of fused-ring (bicyclic) bond motifs is 3. The molecule has 0 saturated heterocycles. The number of nitrogens with zero attached hydrogens (tertiary/aromatic N) is 5. The minimum Gasteiger partial charge on any atom is -0.490 e. The van der Waals surface area contributed by atoms with Crippen LogP contribution in [0.2, 0.25) is 0 Å². The van der Waals surface area contributed by atoms with Crippen LogP contribution < -0.4 is 10.1 Å². The maximum atomic E-state index is 15.9. The Morgan fingerprint density at radius 2 is 2.04 bits per heavy atom. The van der Waals surface area contributed by atoms with E-state index in [-0.39, 0.29) is 42.4 Å². The number of aromatic nitrogens is 4. The summed E-state index contributed by atoms with van der Waals surface area (Å²) in [5.41, 5.74) is 4.09. The van der Waals surface area contributed by atoms with Gasteiger partial charge in [-0.1, -0.05) is 6.58 Å². The van der Waals surface area contributed by atoms with Crippen molar-refractivity contribution >= 4 is 33.2 Å². The average Bonchev–Trinajstić information content (AvgIpc) is 3.78. The normalized spacial score (nSPS) is 15.6. The Morgan fingerprint density at radius 3 is 2.84 bits per heavy atom. The van der Waals surface area contributed by atoms with Gasteiger partial charge in [0, 0.05) is 58.2 Å². The number of thiophene rings is 1. The molecule has 1 unspecified atom stereocenters. The number of rotatable bonds is 7. The lowest BCUT2D eigenvalue weighted by atomic mass is 9.96. The molecule has 2 aliphatic heterocycles. The first-order valence-corrected chi connectivity index (χ1v) is 15.1. The number of carbonyl (C=O) groups excluding carboxylic acids is 2. The Balaban J connectivity index is 1.50. The number of hydrogen-bond donors (Lipinski definition) is 2. The van der Waals surface area contributed by atoms with Crippen LogP contribution in [-0.4, -0.2) is 61.3 Å². The molecular weight excluding hydrogens is 602 g/mol. The van der Waals surface area contributed by atoms with Gasteiger partial charge in [-0.05, 0) is 36.6 Å². The van der Waals surface area contributed by atoms with E-state index < -0.39 is 11.6 Å². The maximum Gasteiger partial charge on any atom is 0.270 e. The highest BCUT2D eigenvalue weighted by Crippen LogP contribution is 2.47. The van der Waals surface area contributed by atoms with Crippen molar-refractivity contribution in [3.63, 3.8) is 0 Å². The van der Waals surface area contributed by atoms with Gasteiger partial charge in [-0.15, -0.1) is 11.3 Å². The number of carbonyl (C=O) groups is 2. The summed E-state index contributed by atoms with van der Waals surface area (Å²) in [6.07, 6.45) is 2.86. The number of pyridine rings is 2. The first kappa shape index (κ1) is 28.7. The van der Waals surface area contributed by atoms with Crippen LogP contribution in [0.15, 0.2) is 54.6 Å². The Labute approximate surface area is 259 Å². The van der Waals surface area contributed by atoms with E-state index >= 15 is 4.39 Å². The standard InChI is InChI=1S/C32H26F2N6O4S/c1-3-25(42)39-5-6-40-23(16(39)2)13-22(38-40)30-27(26-21(34)11-19(33)12-24(26)44-8-7-41)31-20(4-9-45-31)28(37-30)17-10-18-15-36-32(43)29(18)35-14-17/h3-4,9-14,16,41H,1,5-8,15H2,2H3,(H,36,43). The molecule has 0 radical (unpaired) electrons. The topological polar surface area (TPSA) is 122 Å². The third kappa shape index (κ3) is 4.75. The highest BCUT2D eigenvalue weighted by molar-refractivity contribution is 7.18. The number of nitrogens with one attached hydrogen (secondary N) is 1. The van der Waals surface area contributed by atoms with Gasteiger partial charge in [0.15, 0.2) is 0 Å². The van der Waals surface area contributed by atoms with Gasteiger partial charge in [0.2, 0.25) is 5.91 Å². The number of benzene rings is 1. The van der Waals surface area contributed by atoms with Gasteiger partial charge in [0.25, 0.3) is 5.91 Å². The summed E-state index contributed by atoms with van der Waals surface area (Å²) in [6.45, 7) is 6.16. The number of ether oxygens (including phenoxy) is 1. The zero-order valence-corrected chi connectivity index (χ0v) is 24.8. The highest BCUT2D eigenvalue weighted by Gasteiger charge is 2.32. The van der Waals surface area contributed by atoms with Crippen molar-refractivity contribution in [3.05, 3.63) is 83.1 Å². The van der Waals surface area contributed by atoms with Gasteiger partial charge >= 0.3 is 0 Å². The van der Waals surface area contributed by atoms with Crippen LogP contribution in [-0.2, 0) is 17.9 Å². The Morgan fingerprint density at radius 1 is 1.20 bits per heavy atom. The van der Waals surface area contributed by atoms with Gasteiger partial charge in [-0.3, -0.25) is 19.3 Å². The van der Waals surface area contributed by atoms with Gasteiger partial charge in [0.05, 0.1) is 36.1 Å². The molecule has 45 heavy (non-hydrogen) atoms. The van der Waals surface area contributed by atoms with Crippen LogP contribution in [0.1, 0.15) is 34.7 Å². The molecule has 2 N–H and O–H groups in total. The predicted molar refractivity (Wildman–Crippen MR) is 163 cm³/mol. The molecule has 0 aliphatic carbocycles. The minimum absolute atomic E-state index is 0.0179.